The summed E-state index contributed by atoms with van der Waals surface area (Å²) in [5.41, 5.74) is 0.579. The van der Waals surface area contributed by atoms with Crippen molar-refractivity contribution in [3.8, 4) is 6.07 Å². The van der Waals surface area contributed by atoms with Gasteiger partial charge in [0.2, 0.25) is 0 Å². The summed E-state index contributed by atoms with van der Waals surface area (Å²) < 4.78 is 0. The highest BCUT2D eigenvalue weighted by Gasteiger charge is 2.34. The van der Waals surface area contributed by atoms with E-state index in [9.17, 15) is 0 Å². The van der Waals surface area contributed by atoms with Gasteiger partial charge in [0.05, 0.1) is 0 Å². The third-order valence-corrected chi connectivity index (χ3v) is 4.73. The third kappa shape index (κ3) is 2.45. The maximum atomic E-state index is 8.73. The van der Waals surface area contributed by atoms with E-state index in [1.807, 2.05) is 6.07 Å². The Hall–Kier alpha value is -0.850. The van der Waals surface area contributed by atoms with Gasteiger partial charge >= 0.3 is 0 Å². The van der Waals surface area contributed by atoms with Crippen molar-refractivity contribution in [2.24, 2.45) is 5.41 Å². The molecule has 0 atom stereocenters. The average Bonchev–Trinajstić information content (AvgIpc) is 2.70. The van der Waals surface area contributed by atoms with Crippen molar-refractivity contribution in [3.63, 3.8) is 0 Å². The Bertz CT molecular complexity index is 379. The van der Waals surface area contributed by atoms with Crippen LogP contribution in [0.3, 0.4) is 0 Å². The maximum absolute atomic E-state index is 8.73. The molecule has 2 nitrogen and oxygen atoms in total. The quantitative estimate of drug-likeness (QED) is 0.848. The number of nitrogens with one attached hydrogen (secondary N) is 1. The van der Waals surface area contributed by atoms with Crippen molar-refractivity contribution in [1.82, 2.24) is 5.32 Å². The molecule has 0 saturated heterocycles. The van der Waals surface area contributed by atoms with Gasteiger partial charge in [-0.25, -0.2) is 0 Å². The van der Waals surface area contributed by atoms with Gasteiger partial charge in [-0.05, 0) is 36.8 Å². The zero-order valence-electron chi connectivity index (χ0n) is 9.75. The van der Waals surface area contributed by atoms with Crippen molar-refractivity contribution in [1.29, 1.82) is 5.26 Å². The van der Waals surface area contributed by atoms with Gasteiger partial charge in [-0.2, -0.15) is 5.26 Å². The van der Waals surface area contributed by atoms with Crippen molar-refractivity contribution in [3.05, 3.63) is 21.9 Å². The second-order valence-corrected chi connectivity index (χ2v) is 5.86. The van der Waals surface area contributed by atoms with Crippen molar-refractivity contribution >= 4 is 11.3 Å². The Morgan fingerprint density at radius 1 is 1.50 bits per heavy atom. The summed E-state index contributed by atoms with van der Waals surface area (Å²) in [6, 6.07) is 6.13. The Morgan fingerprint density at radius 2 is 2.31 bits per heavy atom. The molecule has 1 aromatic heterocycles. The molecule has 0 spiro atoms. The first-order valence-electron chi connectivity index (χ1n) is 5.97. The van der Waals surface area contributed by atoms with Crippen molar-refractivity contribution in [2.75, 3.05) is 6.54 Å². The van der Waals surface area contributed by atoms with E-state index in [0.717, 1.165) is 18.0 Å². The molecule has 1 fully saturated rings. The molecule has 86 valence electrons. The largest absolute Gasteiger partial charge is 0.311 e. The van der Waals surface area contributed by atoms with Crippen molar-refractivity contribution < 1.29 is 0 Å². The van der Waals surface area contributed by atoms with Gasteiger partial charge in [-0.1, -0.05) is 13.3 Å². The molecule has 16 heavy (non-hydrogen) atoms. The van der Waals surface area contributed by atoms with Crippen LogP contribution in [0.2, 0.25) is 0 Å². The number of thiophene rings is 1. The first-order valence-corrected chi connectivity index (χ1v) is 6.79. The summed E-state index contributed by atoms with van der Waals surface area (Å²) in [6.45, 7) is 4.33. The van der Waals surface area contributed by atoms with Gasteiger partial charge < -0.3 is 5.32 Å². The van der Waals surface area contributed by atoms with Gasteiger partial charge in [0.25, 0.3) is 0 Å². The molecule has 1 aliphatic carbocycles. The number of nitrogens with zero attached hydrogens (tertiary/aromatic N) is 1. The minimum atomic E-state index is 0.579. The molecule has 1 saturated carbocycles. The Labute approximate surface area is 101 Å². The molecule has 2 rings (SSSR count). The number of rotatable bonds is 5. The molecule has 1 aromatic rings. The second-order valence-electron chi connectivity index (χ2n) is 4.69. The predicted molar refractivity (Wildman–Crippen MR) is 67.3 cm³/mol. The molecule has 1 N–H and O–H groups in total. The Kier molecular flexibility index (Phi) is 3.63. The highest BCUT2D eigenvalue weighted by Crippen LogP contribution is 2.43. The normalized spacial score (nSPS) is 17.8. The van der Waals surface area contributed by atoms with Crippen LogP contribution in [0.5, 0.6) is 0 Å². The SMILES string of the molecule is CCC1(CNCc2ccc(C#N)s2)CCC1. The van der Waals surface area contributed by atoms with E-state index in [-0.39, 0.29) is 0 Å². The number of hydrogen-bond donors (Lipinski definition) is 1. The molecule has 0 bridgehead atoms. The third-order valence-electron chi connectivity index (χ3n) is 3.74. The van der Waals surface area contributed by atoms with Crippen molar-refractivity contribution in [2.45, 2.75) is 39.2 Å². The maximum Gasteiger partial charge on any atom is 0.110 e. The fraction of sp³-hybridized carbons (Fsp3) is 0.615. The molecule has 0 radical (unpaired) electrons. The molecule has 1 aliphatic rings. The van der Waals surface area contributed by atoms with E-state index in [0.29, 0.717) is 5.41 Å². The van der Waals surface area contributed by atoms with Gasteiger partial charge in [0, 0.05) is 18.0 Å². The highest BCUT2D eigenvalue weighted by atomic mass is 32.1. The minimum Gasteiger partial charge on any atom is -0.311 e. The van der Waals surface area contributed by atoms with Crippen LogP contribution in [-0.4, -0.2) is 6.54 Å². The van der Waals surface area contributed by atoms with Crippen LogP contribution in [0.15, 0.2) is 12.1 Å². The molecule has 0 amide bonds. The summed E-state index contributed by atoms with van der Waals surface area (Å²) in [4.78, 5) is 2.08. The monoisotopic (exact) mass is 234 g/mol. The molecule has 0 aromatic carbocycles. The lowest BCUT2D eigenvalue weighted by Gasteiger charge is -2.41. The van der Waals surface area contributed by atoms with E-state index in [1.54, 1.807) is 11.3 Å². The standard InChI is InChI=1S/C13H18N2S/c1-2-13(6-3-7-13)10-15-9-12-5-4-11(8-14)16-12/h4-5,15H,2-3,6-7,9-10H2,1H3. The average molecular weight is 234 g/mol. The fourth-order valence-corrected chi connectivity index (χ4v) is 3.09. The van der Waals surface area contributed by atoms with Gasteiger partial charge in [-0.15, -0.1) is 11.3 Å². The van der Waals surface area contributed by atoms with Gasteiger partial charge in [0.15, 0.2) is 0 Å². The van der Waals surface area contributed by atoms with Crippen LogP contribution in [0.4, 0.5) is 0 Å². The summed E-state index contributed by atoms with van der Waals surface area (Å²) >= 11 is 1.59. The van der Waals surface area contributed by atoms with E-state index in [2.05, 4.69) is 24.4 Å². The van der Waals surface area contributed by atoms with Gasteiger partial charge in [-0.3, -0.25) is 0 Å². The second kappa shape index (κ2) is 4.99. The molecule has 3 heteroatoms. The number of hydrogen-bond acceptors (Lipinski definition) is 3. The highest BCUT2D eigenvalue weighted by molar-refractivity contribution is 7.12. The van der Waals surface area contributed by atoms with Crippen LogP contribution < -0.4 is 5.32 Å². The lowest BCUT2D eigenvalue weighted by molar-refractivity contribution is 0.124. The topological polar surface area (TPSA) is 35.8 Å². The Balaban J connectivity index is 1.77. The predicted octanol–water partition coefficient (Wildman–Crippen LogP) is 3.29. The zero-order chi connectivity index (χ0) is 11.4. The zero-order valence-corrected chi connectivity index (χ0v) is 10.6. The first kappa shape index (κ1) is 11.6. The lowest BCUT2D eigenvalue weighted by Crippen LogP contribution is -2.39. The van der Waals surface area contributed by atoms with Crippen LogP contribution in [0.1, 0.15) is 42.4 Å². The van der Waals surface area contributed by atoms with E-state index in [4.69, 9.17) is 5.26 Å². The van der Waals surface area contributed by atoms with Crippen LogP contribution in [-0.2, 0) is 6.54 Å². The minimum absolute atomic E-state index is 0.579. The van der Waals surface area contributed by atoms with Gasteiger partial charge in [0.1, 0.15) is 10.9 Å². The van der Waals surface area contributed by atoms with E-state index >= 15 is 0 Å². The van der Waals surface area contributed by atoms with Crippen LogP contribution in [0.25, 0.3) is 0 Å². The fourth-order valence-electron chi connectivity index (χ4n) is 2.32. The van der Waals surface area contributed by atoms with E-state index < -0.39 is 0 Å². The first-order chi connectivity index (χ1) is 7.78. The summed E-state index contributed by atoms with van der Waals surface area (Å²) in [5, 5.41) is 12.3. The smallest absolute Gasteiger partial charge is 0.110 e. The van der Waals surface area contributed by atoms with Crippen LogP contribution in [0, 0.1) is 16.7 Å². The number of nitriles is 1. The Morgan fingerprint density at radius 3 is 2.81 bits per heavy atom. The van der Waals surface area contributed by atoms with E-state index in [1.165, 1.54) is 30.6 Å². The molecule has 0 aliphatic heterocycles. The van der Waals surface area contributed by atoms with Crippen LogP contribution >= 0.6 is 11.3 Å². The summed E-state index contributed by atoms with van der Waals surface area (Å²) in [7, 11) is 0. The lowest BCUT2D eigenvalue weighted by atomic mass is 9.67. The molecule has 1 heterocycles. The molecule has 0 unspecified atom stereocenters. The molecular weight excluding hydrogens is 216 g/mol. The molecular formula is C13H18N2S. The summed E-state index contributed by atoms with van der Waals surface area (Å²) in [6.07, 6.45) is 5.44. The summed E-state index contributed by atoms with van der Waals surface area (Å²) in [5.74, 6) is 0.